The smallest absolute Gasteiger partial charge is 0.194 e. The van der Waals surface area contributed by atoms with Crippen molar-refractivity contribution in [3.8, 4) is 0 Å². The Kier molecular flexibility index (Phi) is 4.44. The van der Waals surface area contributed by atoms with Crippen LogP contribution in [0.15, 0.2) is 12.1 Å². The number of hydrogen-bond acceptors (Lipinski definition) is 3. The zero-order valence-electron chi connectivity index (χ0n) is 10.7. The zero-order valence-corrected chi connectivity index (χ0v) is 10.7. The minimum absolute atomic E-state index is 0.0398. The van der Waals surface area contributed by atoms with Crippen LogP contribution in [0, 0.1) is 17.5 Å². The van der Waals surface area contributed by atoms with Crippen LogP contribution in [0.1, 0.15) is 18.5 Å². The molecule has 106 valence electrons. The molecule has 1 fully saturated rings. The van der Waals surface area contributed by atoms with Gasteiger partial charge in [0.05, 0.1) is 12.7 Å². The highest BCUT2D eigenvalue weighted by molar-refractivity contribution is 5.23. The molecular formula is C13H17F3N2O. The second-order valence-electron chi connectivity index (χ2n) is 4.73. The Morgan fingerprint density at radius 3 is 2.53 bits per heavy atom. The molecule has 0 amide bonds. The van der Waals surface area contributed by atoms with Gasteiger partial charge in [-0.1, -0.05) is 0 Å². The molecule has 6 heteroatoms. The molecule has 0 aromatic heterocycles. The van der Waals surface area contributed by atoms with Gasteiger partial charge in [0, 0.05) is 25.7 Å². The average Bonchev–Trinajstić information content (AvgIpc) is 2.37. The van der Waals surface area contributed by atoms with Crippen molar-refractivity contribution in [2.24, 2.45) is 5.73 Å². The van der Waals surface area contributed by atoms with Crippen molar-refractivity contribution in [2.75, 3.05) is 26.2 Å². The van der Waals surface area contributed by atoms with Crippen molar-refractivity contribution in [2.45, 2.75) is 19.1 Å². The van der Waals surface area contributed by atoms with Crippen LogP contribution < -0.4 is 5.73 Å². The fourth-order valence-electron chi connectivity index (χ4n) is 2.39. The summed E-state index contributed by atoms with van der Waals surface area (Å²) in [7, 11) is 0. The second kappa shape index (κ2) is 5.90. The number of benzene rings is 1. The van der Waals surface area contributed by atoms with Gasteiger partial charge in [0.15, 0.2) is 17.5 Å². The highest BCUT2D eigenvalue weighted by atomic mass is 19.2. The Balaban J connectivity index is 2.26. The Morgan fingerprint density at radius 2 is 2.00 bits per heavy atom. The van der Waals surface area contributed by atoms with E-state index in [9.17, 15) is 13.2 Å². The number of rotatable bonds is 3. The van der Waals surface area contributed by atoms with Crippen LogP contribution >= 0.6 is 0 Å². The third-order valence-corrected chi connectivity index (χ3v) is 3.33. The van der Waals surface area contributed by atoms with Crippen molar-refractivity contribution < 1.29 is 17.9 Å². The predicted molar refractivity (Wildman–Crippen MR) is 65.1 cm³/mol. The summed E-state index contributed by atoms with van der Waals surface area (Å²) in [5.41, 5.74) is 6.05. The first-order chi connectivity index (χ1) is 9.02. The third-order valence-electron chi connectivity index (χ3n) is 3.33. The van der Waals surface area contributed by atoms with E-state index in [1.54, 1.807) is 0 Å². The molecule has 0 radical (unpaired) electrons. The Hall–Kier alpha value is -1.11. The molecule has 2 unspecified atom stereocenters. The maximum absolute atomic E-state index is 13.3. The number of hydrogen-bond donors (Lipinski definition) is 1. The normalized spacial score (nSPS) is 22.5. The fraction of sp³-hybridized carbons (Fsp3) is 0.538. The summed E-state index contributed by atoms with van der Waals surface area (Å²) in [5, 5.41) is 0. The van der Waals surface area contributed by atoms with Crippen molar-refractivity contribution in [1.29, 1.82) is 0 Å². The maximum atomic E-state index is 13.3. The number of morpholine rings is 1. The molecule has 2 rings (SSSR count). The Morgan fingerprint density at radius 1 is 1.37 bits per heavy atom. The lowest BCUT2D eigenvalue weighted by Crippen LogP contribution is -2.45. The fourth-order valence-corrected chi connectivity index (χ4v) is 2.39. The molecule has 0 bridgehead atoms. The monoisotopic (exact) mass is 274 g/mol. The Labute approximate surface area is 110 Å². The highest BCUT2D eigenvalue weighted by Gasteiger charge is 2.26. The first-order valence-electron chi connectivity index (χ1n) is 6.23. The molecule has 1 aliphatic rings. The van der Waals surface area contributed by atoms with Gasteiger partial charge in [0.1, 0.15) is 0 Å². The molecule has 1 aromatic carbocycles. The van der Waals surface area contributed by atoms with Gasteiger partial charge < -0.3 is 10.5 Å². The molecule has 1 saturated heterocycles. The van der Waals surface area contributed by atoms with Gasteiger partial charge in [-0.3, -0.25) is 4.90 Å². The number of halogens is 3. The summed E-state index contributed by atoms with van der Waals surface area (Å²) in [6.45, 7) is 3.93. The third kappa shape index (κ3) is 3.08. The summed E-state index contributed by atoms with van der Waals surface area (Å²) in [4.78, 5) is 2.00. The van der Waals surface area contributed by atoms with Crippen LogP contribution in [0.5, 0.6) is 0 Å². The molecular weight excluding hydrogens is 257 g/mol. The summed E-state index contributed by atoms with van der Waals surface area (Å²) in [6.07, 6.45) is 0.0398. The van der Waals surface area contributed by atoms with Crippen LogP contribution in [-0.2, 0) is 4.74 Å². The van der Waals surface area contributed by atoms with E-state index in [4.69, 9.17) is 10.5 Å². The van der Waals surface area contributed by atoms with Crippen LogP contribution in [0.25, 0.3) is 0 Å². The lowest BCUT2D eigenvalue weighted by atomic mass is 10.0. The molecule has 0 spiro atoms. The summed E-state index contributed by atoms with van der Waals surface area (Å²) in [5.74, 6) is -3.82. The minimum Gasteiger partial charge on any atom is -0.376 e. The van der Waals surface area contributed by atoms with Gasteiger partial charge in [-0.2, -0.15) is 0 Å². The van der Waals surface area contributed by atoms with Gasteiger partial charge >= 0.3 is 0 Å². The summed E-state index contributed by atoms with van der Waals surface area (Å²) >= 11 is 0. The van der Waals surface area contributed by atoms with Gasteiger partial charge in [-0.25, -0.2) is 13.2 Å². The molecule has 0 saturated carbocycles. The lowest BCUT2D eigenvalue weighted by Gasteiger charge is -2.37. The van der Waals surface area contributed by atoms with Crippen LogP contribution in [-0.4, -0.2) is 37.2 Å². The van der Waals surface area contributed by atoms with Crippen molar-refractivity contribution in [3.63, 3.8) is 0 Å². The SMILES string of the molecule is CC1CN(C(CN)c2cc(F)c(F)c(F)c2)CCO1. The molecule has 0 aliphatic carbocycles. The summed E-state index contributed by atoms with van der Waals surface area (Å²) < 4.78 is 44.9. The standard InChI is InChI=1S/C13H17F3N2O/c1-8-7-18(2-3-19-8)12(6-17)9-4-10(14)13(16)11(15)5-9/h4-5,8,12H,2-3,6-7,17H2,1H3. The molecule has 2 N–H and O–H groups in total. The van der Waals surface area contributed by atoms with Gasteiger partial charge in [0.25, 0.3) is 0 Å². The van der Waals surface area contributed by atoms with E-state index in [-0.39, 0.29) is 18.7 Å². The van der Waals surface area contributed by atoms with Crippen LogP contribution in [0.4, 0.5) is 13.2 Å². The lowest BCUT2D eigenvalue weighted by molar-refractivity contribution is -0.0333. The molecule has 1 heterocycles. The second-order valence-corrected chi connectivity index (χ2v) is 4.73. The van der Waals surface area contributed by atoms with Crippen molar-refractivity contribution >= 4 is 0 Å². The topological polar surface area (TPSA) is 38.5 Å². The first kappa shape index (κ1) is 14.3. The van der Waals surface area contributed by atoms with E-state index in [1.807, 2.05) is 11.8 Å². The molecule has 3 nitrogen and oxygen atoms in total. The predicted octanol–water partition coefficient (Wildman–Crippen LogP) is 1.82. The van der Waals surface area contributed by atoms with Crippen LogP contribution in [0.2, 0.25) is 0 Å². The molecule has 1 aromatic rings. The highest BCUT2D eigenvalue weighted by Crippen LogP contribution is 2.25. The number of ether oxygens (including phenoxy) is 1. The van der Waals surface area contributed by atoms with E-state index < -0.39 is 17.5 Å². The van der Waals surface area contributed by atoms with E-state index in [0.29, 0.717) is 25.3 Å². The largest absolute Gasteiger partial charge is 0.376 e. The maximum Gasteiger partial charge on any atom is 0.194 e. The quantitative estimate of drug-likeness (QED) is 0.855. The molecule has 2 atom stereocenters. The average molecular weight is 274 g/mol. The molecule has 1 aliphatic heterocycles. The van der Waals surface area contributed by atoms with E-state index in [0.717, 1.165) is 12.1 Å². The summed E-state index contributed by atoms with van der Waals surface area (Å²) in [6, 6.07) is 1.68. The van der Waals surface area contributed by atoms with Gasteiger partial charge in [-0.05, 0) is 24.6 Å². The van der Waals surface area contributed by atoms with Crippen LogP contribution in [0.3, 0.4) is 0 Å². The Bertz CT molecular complexity index is 433. The van der Waals surface area contributed by atoms with E-state index in [1.165, 1.54) is 0 Å². The minimum atomic E-state index is -1.45. The zero-order chi connectivity index (χ0) is 14.0. The van der Waals surface area contributed by atoms with Crippen molar-refractivity contribution in [3.05, 3.63) is 35.1 Å². The number of nitrogens with two attached hydrogens (primary N) is 1. The number of nitrogens with zero attached hydrogens (tertiary/aromatic N) is 1. The van der Waals surface area contributed by atoms with Crippen molar-refractivity contribution in [1.82, 2.24) is 4.90 Å². The van der Waals surface area contributed by atoms with E-state index in [2.05, 4.69) is 0 Å². The van der Waals surface area contributed by atoms with E-state index >= 15 is 0 Å². The first-order valence-corrected chi connectivity index (χ1v) is 6.23. The van der Waals surface area contributed by atoms with Gasteiger partial charge in [0.2, 0.25) is 0 Å². The molecule has 19 heavy (non-hydrogen) atoms. The van der Waals surface area contributed by atoms with Gasteiger partial charge in [-0.15, -0.1) is 0 Å².